The fourth-order valence-electron chi connectivity index (χ4n) is 4.92. The van der Waals surface area contributed by atoms with Crippen LogP contribution in [0.1, 0.15) is 21.5 Å². The van der Waals surface area contributed by atoms with E-state index in [2.05, 4.69) is 26.9 Å². The van der Waals surface area contributed by atoms with E-state index in [9.17, 15) is 4.79 Å². The van der Waals surface area contributed by atoms with Crippen molar-refractivity contribution in [1.82, 2.24) is 4.98 Å². The van der Waals surface area contributed by atoms with Crippen LogP contribution in [-0.4, -0.2) is 50.8 Å². The number of hydrogen-bond acceptors (Lipinski definition) is 7. The van der Waals surface area contributed by atoms with Crippen molar-refractivity contribution in [2.24, 2.45) is 0 Å². The number of anilines is 2. The number of carbonyl (C=O) groups excluding carboxylic acids is 1. The third-order valence-electron chi connectivity index (χ3n) is 6.93. The normalized spacial score (nSPS) is 14.8. The zero-order chi connectivity index (χ0) is 24.6. The van der Waals surface area contributed by atoms with Gasteiger partial charge in [-0.3, -0.25) is 9.78 Å². The Kier molecular flexibility index (Phi) is 5.60. The monoisotopic (exact) mass is 481 g/mol. The van der Waals surface area contributed by atoms with E-state index in [-0.39, 0.29) is 12.6 Å². The van der Waals surface area contributed by atoms with Crippen molar-refractivity contribution in [3.05, 3.63) is 83.6 Å². The highest BCUT2D eigenvalue weighted by Gasteiger charge is 2.27. The van der Waals surface area contributed by atoms with Crippen molar-refractivity contribution in [1.29, 1.82) is 0 Å². The van der Waals surface area contributed by atoms with E-state index < -0.39 is 0 Å². The number of methoxy groups -OCH3 is 1. The zero-order valence-corrected chi connectivity index (χ0v) is 20.4. The number of nitrogens with zero attached hydrogens (tertiary/aromatic N) is 3. The number of carbonyl (C=O) groups is 1. The lowest BCUT2D eigenvalue weighted by atomic mass is 9.98. The minimum Gasteiger partial charge on any atom is -0.497 e. The van der Waals surface area contributed by atoms with E-state index in [0.717, 1.165) is 59.8 Å². The number of pyridine rings is 1. The molecule has 7 heteroatoms. The fourth-order valence-corrected chi connectivity index (χ4v) is 4.92. The topological polar surface area (TPSA) is 64.1 Å². The van der Waals surface area contributed by atoms with Gasteiger partial charge in [-0.05, 0) is 37.3 Å². The summed E-state index contributed by atoms with van der Waals surface area (Å²) in [7, 11) is 1.68. The minimum atomic E-state index is -0.0327. The molecule has 2 aliphatic rings. The fraction of sp³-hybridized carbons (Fsp3) is 0.241. The van der Waals surface area contributed by atoms with Crippen molar-refractivity contribution >= 4 is 28.1 Å². The highest BCUT2D eigenvalue weighted by Crippen LogP contribution is 2.41. The summed E-state index contributed by atoms with van der Waals surface area (Å²) in [5.41, 5.74) is 5.22. The highest BCUT2D eigenvalue weighted by atomic mass is 16.7. The van der Waals surface area contributed by atoms with Gasteiger partial charge in [0.05, 0.1) is 23.9 Å². The van der Waals surface area contributed by atoms with E-state index in [4.69, 9.17) is 14.2 Å². The number of rotatable bonds is 5. The van der Waals surface area contributed by atoms with Crippen LogP contribution in [-0.2, 0) is 0 Å². The van der Waals surface area contributed by atoms with Gasteiger partial charge in [0.1, 0.15) is 5.75 Å². The van der Waals surface area contributed by atoms with Gasteiger partial charge in [-0.1, -0.05) is 29.8 Å². The molecule has 3 aromatic carbocycles. The third kappa shape index (κ3) is 3.96. The molecule has 36 heavy (non-hydrogen) atoms. The van der Waals surface area contributed by atoms with Crippen molar-refractivity contribution in [2.75, 3.05) is 49.9 Å². The molecule has 1 fully saturated rings. The second-order valence-corrected chi connectivity index (χ2v) is 9.11. The predicted octanol–water partition coefficient (Wildman–Crippen LogP) is 4.84. The van der Waals surface area contributed by atoms with Crippen LogP contribution >= 0.6 is 0 Å². The molecule has 0 radical (unpaired) electrons. The van der Waals surface area contributed by atoms with Crippen LogP contribution in [0.3, 0.4) is 0 Å². The van der Waals surface area contributed by atoms with Crippen molar-refractivity contribution in [3.63, 3.8) is 0 Å². The molecule has 182 valence electrons. The second-order valence-electron chi connectivity index (χ2n) is 9.11. The predicted molar refractivity (Wildman–Crippen MR) is 140 cm³/mol. The van der Waals surface area contributed by atoms with E-state index >= 15 is 0 Å². The molecular formula is C29H27N3O4. The first kappa shape index (κ1) is 22.2. The Hall–Kier alpha value is -4.26. The first-order chi connectivity index (χ1) is 17.6. The average Bonchev–Trinajstić information content (AvgIpc) is 3.39. The molecule has 7 nitrogen and oxygen atoms in total. The van der Waals surface area contributed by atoms with E-state index in [1.165, 1.54) is 0 Å². The summed E-state index contributed by atoms with van der Waals surface area (Å²) in [6.07, 6.45) is 1.71. The summed E-state index contributed by atoms with van der Waals surface area (Å²) < 4.78 is 16.5. The maximum absolute atomic E-state index is 13.7. The Labute approximate surface area is 209 Å². The van der Waals surface area contributed by atoms with Gasteiger partial charge in [0.25, 0.3) is 0 Å². The number of ketones is 1. The van der Waals surface area contributed by atoms with Crippen LogP contribution in [0.5, 0.6) is 17.2 Å². The molecule has 0 saturated carbocycles. The van der Waals surface area contributed by atoms with Gasteiger partial charge < -0.3 is 24.0 Å². The Morgan fingerprint density at radius 2 is 1.56 bits per heavy atom. The molecule has 4 aromatic rings. The first-order valence-electron chi connectivity index (χ1n) is 12.1. The molecule has 3 heterocycles. The van der Waals surface area contributed by atoms with Gasteiger partial charge >= 0.3 is 0 Å². The first-order valence-corrected chi connectivity index (χ1v) is 12.1. The molecule has 0 spiro atoms. The number of aryl methyl sites for hydroxylation is 1. The molecule has 1 aromatic heterocycles. The molecule has 0 amide bonds. The number of benzene rings is 3. The number of hydrogen-bond donors (Lipinski definition) is 0. The van der Waals surface area contributed by atoms with E-state index in [1.54, 1.807) is 13.3 Å². The summed E-state index contributed by atoms with van der Waals surface area (Å²) in [6.45, 7) is 5.41. The summed E-state index contributed by atoms with van der Waals surface area (Å²) >= 11 is 0. The molecule has 6 rings (SSSR count). The molecule has 0 unspecified atom stereocenters. The molecule has 0 aliphatic carbocycles. The lowest BCUT2D eigenvalue weighted by Crippen LogP contribution is -2.47. The Bertz CT molecular complexity index is 1430. The Morgan fingerprint density at radius 3 is 2.25 bits per heavy atom. The molecule has 2 aliphatic heterocycles. The maximum atomic E-state index is 13.7. The van der Waals surface area contributed by atoms with Crippen LogP contribution in [0.15, 0.2) is 66.9 Å². The number of piperazine rings is 1. The van der Waals surface area contributed by atoms with Crippen LogP contribution in [0.25, 0.3) is 10.9 Å². The number of fused-ring (bicyclic) bond motifs is 2. The van der Waals surface area contributed by atoms with Gasteiger partial charge in [-0.25, -0.2) is 0 Å². The number of aromatic nitrogens is 1. The largest absolute Gasteiger partial charge is 0.497 e. The Balaban J connectivity index is 1.38. The third-order valence-corrected chi connectivity index (χ3v) is 6.93. The van der Waals surface area contributed by atoms with E-state index in [1.807, 2.05) is 55.5 Å². The SMILES string of the molecule is COc1ccc(N2CCN(c3c(C(=O)c4ccc(C)cc4)cnc4cc5c(cc34)OCO5)CC2)cc1. The van der Waals surface area contributed by atoms with Gasteiger partial charge in [-0.2, -0.15) is 0 Å². The molecule has 0 atom stereocenters. The van der Waals surface area contributed by atoms with Crippen LogP contribution < -0.4 is 24.0 Å². The summed E-state index contributed by atoms with van der Waals surface area (Å²) in [5.74, 6) is 2.18. The van der Waals surface area contributed by atoms with E-state index in [0.29, 0.717) is 22.6 Å². The summed E-state index contributed by atoms with van der Waals surface area (Å²) in [6, 6.07) is 19.7. The zero-order valence-electron chi connectivity index (χ0n) is 20.4. The second kappa shape index (κ2) is 9.07. The van der Waals surface area contributed by atoms with Crippen LogP contribution in [0, 0.1) is 6.92 Å². The smallest absolute Gasteiger partial charge is 0.231 e. The van der Waals surface area contributed by atoms with Crippen LogP contribution in [0.4, 0.5) is 11.4 Å². The van der Waals surface area contributed by atoms with Crippen molar-refractivity contribution < 1.29 is 19.0 Å². The summed E-state index contributed by atoms with van der Waals surface area (Å²) in [5, 5.41) is 0.898. The summed E-state index contributed by atoms with van der Waals surface area (Å²) in [4.78, 5) is 23.0. The van der Waals surface area contributed by atoms with Gasteiger partial charge in [-0.15, -0.1) is 0 Å². The van der Waals surface area contributed by atoms with Crippen molar-refractivity contribution in [3.8, 4) is 17.2 Å². The van der Waals surface area contributed by atoms with Gasteiger partial charge in [0.2, 0.25) is 6.79 Å². The van der Waals surface area contributed by atoms with Gasteiger partial charge in [0.15, 0.2) is 17.3 Å². The van der Waals surface area contributed by atoms with Crippen molar-refractivity contribution in [2.45, 2.75) is 6.92 Å². The quantitative estimate of drug-likeness (QED) is 0.378. The lowest BCUT2D eigenvalue weighted by Gasteiger charge is -2.38. The molecule has 0 bridgehead atoms. The maximum Gasteiger partial charge on any atom is 0.231 e. The lowest BCUT2D eigenvalue weighted by molar-refractivity contribution is 0.103. The Morgan fingerprint density at radius 1 is 0.889 bits per heavy atom. The minimum absolute atomic E-state index is 0.0327. The van der Waals surface area contributed by atoms with Crippen LogP contribution in [0.2, 0.25) is 0 Å². The molecule has 0 N–H and O–H groups in total. The standard InChI is InChI=1S/C29H27N3O4/c1-19-3-5-20(6-4-19)29(33)24-17-30-25-16-27-26(35-18-36-27)15-23(25)28(24)32-13-11-31(12-14-32)21-7-9-22(34-2)10-8-21/h3-10,15-17H,11-14,18H2,1-2H3. The average molecular weight is 482 g/mol. The van der Waals surface area contributed by atoms with Gasteiger partial charge in [0, 0.05) is 55.1 Å². The highest BCUT2D eigenvalue weighted by molar-refractivity contribution is 6.16. The number of ether oxygens (including phenoxy) is 3. The molecular weight excluding hydrogens is 454 g/mol. The molecule has 1 saturated heterocycles.